The molecule has 19 heavy (non-hydrogen) atoms. The van der Waals surface area contributed by atoms with Crippen LogP contribution in [0.15, 0.2) is 41.8 Å². The van der Waals surface area contributed by atoms with Crippen molar-refractivity contribution >= 4 is 11.3 Å². The molecule has 0 amide bonds. The van der Waals surface area contributed by atoms with E-state index in [1.54, 1.807) is 17.4 Å². The Hall–Kier alpha value is -1.23. The van der Waals surface area contributed by atoms with Gasteiger partial charge >= 0.3 is 0 Å². The van der Waals surface area contributed by atoms with Crippen molar-refractivity contribution < 1.29 is 9.50 Å². The third kappa shape index (κ3) is 3.21. The molecule has 0 fully saturated rings. The second kappa shape index (κ2) is 6.28. The van der Waals surface area contributed by atoms with Gasteiger partial charge in [0.25, 0.3) is 0 Å². The second-order valence-electron chi connectivity index (χ2n) is 4.54. The highest BCUT2D eigenvalue weighted by Crippen LogP contribution is 2.26. The largest absolute Gasteiger partial charge is 0.394 e. The Morgan fingerprint density at radius 2 is 2.16 bits per heavy atom. The third-order valence-corrected chi connectivity index (χ3v) is 4.31. The van der Waals surface area contributed by atoms with E-state index >= 15 is 0 Å². The van der Waals surface area contributed by atoms with Gasteiger partial charge in [0.15, 0.2) is 0 Å². The van der Waals surface area contributed by atoms with Crippen LogP contribution in [0, 0.1) is 5.82 Å². The maximum atomic E-state index is 13.4. The number of aliphatic hydroxyl groups excluding tert-OH is 1. The number of benzene rings is 1. The van der Waals surface area contributed by atoms with Gasteiger partial charge in [-0.15, -0.1) is 11.3 Å². The number of rotatable bonds is 6. The van der Waals surface area contributed by atoms with Gasteiger partial charge in [-0.2, -0.15) is 0 Å². The minimum Gasteiger partial charge on any atom is -0.394 e. The second-order valence-corrected chi connectivity index (χ2v) is 5.57. The number of nitrogens with one attached hydrogen (secondary N) is 1. The summed E-state index contributed by atoms with van der Waals surface area (Å²) in [5, 5.41) is 15.2. The van der Waals surface area contributed by atoms with Crippen LogP contribution in [0.2, 0.25) is 0 Å². The van der Waals surface area contributed by atoms with Gasteiger partial charge in [-0.05, 0) is 35.6 Å². The molecule has 0 aliphatic rings. The Labute approximate surface area is 116 Å². The van der Waals surface area contributed by atoms with Gasteiger partial charge in [0.05, 0.1) is 12.1 Å². The van der Waals surface area contributed by atoms with Crippen LogP contribution in [0.25, 0.3) is 0 Å². The predicted molar refractivity (Wildman–Crippen MR) is 76.6 cm³/mol. The summed E-state index contributed by atoms with van der Waals surface area (Å²) in [5.74, 6) is -0.276. The van der Waals surface area contributed by atoms with Crippen molar-refractivity contribution in [2.75, 3.05) is 6.61 Å². The minimum absolute atomic E-state index is 0.0572. The fourth-order valence-corrected chi connectivity index (χ4v) is 2.79. The molecular weight excluding hydrogens is 261 g/mol. The Kier molecular flexibility index (Phi) is 4.69. The molecule has 1 aromatic carbocycles. The van der Waals surface area contributed by atoms with Crippen molar-refractivity contribution in [3.8, 4) is 0 Å². The summed E-state index contributed by atoms with van der Waals surface area (Å²) in [5.41, 5.74) is 0.195. The molecule has 0 aliphatic heterocycles. The topological polar surface area (TPSA) is 32.3 Å². The lowest BCUT2D eigenvalue weighted by Gasteiger charge is -2.32. The summed E-state index contributed by atoms with van der Waals surface area (Å²) < 4.78 is 13.4. The highest BCUT2D eigenvalue weighted by Gasteiger charge is 2.29. The fraction of sp³-hybridized carbons (Fsp3) is 0.333. The molecule has 4 heteroatoms. The highest BCUT2D eigenvalue weighted by molar-refractivity contribution is 7.09. The average Bonchev–Trinajstić information content (AvgIpc) is 2.94. The van der Waals surface area contributed by atoms with Gasteiger partial charge in [-0.25, -0.2) is 4.39 Å². The molecular formula is C15H18FNOS. The number of hydrogen-bond donors (Lipinski definition) is 2. The van der Waals surface area contributed by atoms with Gasteiger partial charge in [0, 0.05) is 11.4 Å². The number of thiophene rings is 1. The zero-order chi connectivity index (χ0) is 13.7. The molecule has 0 saturated carbocycles. The van der Waals surface area contributed by atoms with Gasteiger partial charge in [0.1, 0.15) is 5.82 Å². The quantitative estimate of drug-likeness (QED) is 0.850. The molecule has 2 N–H and O–H groups in total. The highest BCUT2D eigenvalue weighted by atomic mass is 32.1. The molecule has 0 bridgehead atoms. The normalized spacial score (nSPS) is 14.3. The van der Waals surface area contributed by atoms with E-state index in [9.17, 15) is 9.50 Å². The van der Waals surface area contributed by atoms with Crippen molar-refractivity contribution in [1.82, 2.24) is 5.32 Å². The van der Waals surface area contributed by atoms with Crippen LogP contribution in [0.5, 0.6) is 0 Å². The van der Waals surface area contributed by atoms with E-state index in [4.69, 9.17) is 0 Å². The van der Waals surface area contributed by atoms with E-state index in [1.165, 1.54) is 17.0 Å². The fourth-order valence-electron chi connectivity index (χ4n) is 2.15. The van der Waals surface area contributed by atoms with Crippen LogP contribution in [-0.2, 0) is 12.1 Å². The van der Waals surface area contributed by atoms with Crippen LogP contribution in [0.4, 0.5) is 4.39 Å². The summed E-state index contributed by atoms with van der Waals surface area (Å²) in [6.45, 7) is 2.60. The van der Waals surface area contributed by atoms with E-state index in [0.29, 0.717) is 13.0 Å². The molecule has 0 aliphatic carbocycles. The lowest BCUT2D eigenvalue weighted by molar-refractivity contribution is 0.154. The molecule has 1 atom stereocenters. The minimum atomic E-state index is -0.591. The number of aliphatic hydroxyl groups is 1. The molecule has 0 spiro atoms. The first-order valence-corrected chi connectivity index (χ1v) is 7.22. The van der Waals surface area contributed by atoms with Crippen molar-refractivity contribution in [3.05, 3.63) is 58.0 Å². The summed E-state index contributed by atoms with van der Waals surface area (Å²) in [7, 11) is 0. The van der Waals surface area contributed by atoms with E-state index in [1.807, 2.05) is 30.5 Å². The molecule has 1 heterocycles. The van der Waals surface area contributed by atoms with Crippen molar-refractivity contribution in [2.45, 2.75) is 25.4 Å². The maximum Gasteiger partial charge on any atom is 0.123 e. The molecule has 102 valence electrons. The van der Waals surface area contributed by atoms with E-state index in [0.717, 1.165) is 5.56 Å². The SMILES string of the molecule is CCC(CO)(NCc1cccs1)c1cccc(F)c1. The van der Waals surface area contributed by atoms with E-state index in [-0.39, 0.29) is 12.4 Å². The van der Waals surface area contributed by atoms with Crippen LogP contribution in [-0.4, -0.2) is 11.7 Å². The zero-order valence-electron chi connectivity index (χ0n) is 10.9. The standard InChI is InChI=1S/C15H18FNOS/c1-2-15(11-18,12-5-3-6-13(16)9-12)17-10-14-7-4-8-19-14/h3-9,17-18H,2,10-11H2,1H3. The van der Waals surface area contributed by atoms with Gasteiger partial charge in [-0.1, -0.05) is 25.1 Å². The molecule has 1 aromatic heterocycles. The smallest absolute Gasteiger partial charge is 0.123 e. The van der Waals surface area contributed by atoms with Gasteiger partial charge < -0.3 is 10.4 Å². The van der Waals surface area contributed by atoms with Crippen LogP contribution >= 0.6 is 11.3 Å². The van der Waals surface area contributed by atoms with Crippen molar-refractivity contribution in [1.29, 1.82) is 0 Å². The number of halogens is 1. The first kappa shape index (κ1) is 14.2. The number of hydrogen-bond acceptors (Lipinski definition) is 3. The molecule has 2 rings (SSSR count). The molecule has 2 nitrogen and oxygen atoms in total. The zero-order valence-corrected chi connectivity index (χ0v) is 11.7. The Morgan fingerprint density at radius 3 is 2.74 bits per heavy atom. The Balaban J connectivity index is 2.21. The summed E-state index contributed by atoms with van der Waals surface area (Å²) in [4.78, 5) is 1.20. The summed E-state index contributed by atoms with van der Waals surface area (Å²) in [6, 6.07) is 10.5. The lowest BCUT2D eigenvalue weighted by atomic mass is 9.88. The van der Waals surface area contributed by atoms with Crippen LogP contribution in [0.1, 0.15) is 23.8 Å². The van der Waals surface area contributed by atoms with Crippen LogP contribution in [0.3, 0.4) is 0 Å². The summed E-state index contributed by atoms with van der Waals surface area (Å²) in [6.07, 6.45) is 0.693. The molecule has 0 saturated heterocycles. The molecule has 0 radical (unpaired) electrons. The Bertz CT molecular complexity index is 509. The van der Waals surface area contributed by atoms with Crippen molar-refractivity contribution in [2.24, 2.45) is 0 Å². The van der Waals surface area contributed by atoms with Crippen molar-refractivity contribution in [3.63, 3.8) is 0 Å². The van der Waals surface area contributed by atoms with E-state index < -0.39 is 5.54 Å². The predicted octanol–water partition coefficient (Wildman–Crippen LogP) is 3.27. The summed E-state index contributed by atoms with van der Waals surface area (Å²) >= 11 is 1.66. The van der Waals surface area contributed by atoms with Gasteiger partial charge in [0.2, 0.25) is 0 Å². The van der Waals surface area contributed by atoms with Gasteiger partial charge in [-0.3, -0.25) is 0 Å². The first-order chi connectivity index (χ1) is 9.20. The van der Waals surface area contributed by atoms with E-state index in [2.05, 4.69) is 5.32 Å². The maximum absolute atomic E-state index is 13.4. The first-order valence-electron chi connectivity index (χ1n) is 6.34. The monoisotopic (exact) mass is 279 g/mol. The molecule has 2 aromatic rings. The molecule has 1 unspecified atom stereocenters. The Morgan fingerprint density at radius 1 is 1.32 bits per heavy atom. The van der Waals surface area contributed by atoms with Crippen LogP contribution < -0.4 is 5.32 Å². The average molecular weight is 279 g/mol. The lowest BCUT2D eigenvalue weighted by Crippen LogP contribution is -2.44. The third-order valence-electron chi connectivity index (χ3n) is 3.43.